The average molecular weight is 264 g/mol. The zero-order valence-corrected chi connectivity index (χ0v) is 10.0. The fourth-order valence-electron chi connectivity index (χ4n) is 1.05. The second-order valence-electron chi connectivity index (χ2n) is 2.85. The minimum atomic E-state index is 0.116. The van der Waals surface area contributed by atoms with E-state index in [0.29, 0.717) is 6.61 Å². The Morgan fingerprint density at radius 1 is 1.69 bits per heavy atom. The van der Waals surface area contributed by atoms with Gasteiger partial charge in [0.05, 0.1) is 6.61 Å². The van der Waals surface area contributed by atoms with Gasteiger partial charge >= 0.3 is 0 Å². The lowest BCUT2D eigenvalue weighted by Gasteiger charge is -2.09. The Hall–Kier alpha value is 0.1000. The van der Waals surface area contributed by atoms with Gasteiger partial charge in [-0.05, 0) is 35.3 Å². The minimum Gasteiger partial charge on any atom is -0.380 e. The second kappa shape index (κ2) is 5.75. The van der Waals surface area contributed by atoms with Gasteiger partial charge in [-0.15, -0.1) is 11.3 Å². The standard InChI is InChI=1S/C9H14BrNOS/c1-2-12-5-8(11)4-9-3-7(10)6-13-9/h3,6,8H,2,4-5,11H2,1H3. The van der Waals surface area contributed by atoms with Gasteiger partial charge in [0, 0.05) is 27.4 Å². The topological polar surface area (TPSA) is 35.2 Å². The number of nitrogens with two attached hydrogens (primary N) is 1. The molecule has 0 fully saturated rings. The lowest BCUT2D eigenvalue weighted by molar-refractivity contribution is 0.133. The van der Waals surface area contributed by atoms with Gasteiger partial charge in [-0.25, -0.2) is 0 Å². The van der Waals surface area contributed by atoms with E-state index in [-0.39, 0.29) is 6.04 Å². The Kier molecular flexibility index (Phi) is 4.94. The van der Waals surface area contributed by atoms with Crippen LogP contribution >= 0.6 is 27.3 Å². The summed E-state index contributed by atoms with van der Waals surface area (Å²) in [6.45, 7) is 3.36. The Labute approximate surface area is 91.2 Å². The van der Waals surface area contributed by atoms with Crippen LogP contribution in [0.5, 0.6) is 0 Å². The van der Waals surface area contributed by atoms with Crippen LogP contribution in [-0.2, 0) is 11.2 Å². The van der Waals surface area contributed by atoms with Crippen molar-refractivity contribution in [3.05, 3.63) is 20.8 Å². The molecular weight excluding hydrogens is 250 g/mol. The smallest absolute Gasteiger partial charge is 0.0620 e. The molecule has 0 aliphatic heterocycles. The van der Waals surface area contributed by atoms with E-state index < -0.39 is 0 Å². The van der Waals surface area contributed by atoms with Gasteiger partial charge in [0.25, 0.3) is 0 Å². The van der Waals surface area contributed by atoms with Crippen molar-refractivity contribution < 1.29 is 4.74 Å². The van der Waals surface area contributed by atoms with Crippen molar-refractivity contribution in [2.24, 2.45) is 5.73 Å². The van der Waals surface area contributed by atoms with E-state index in [1.54, 1.807) is 11.3 Å². The van der Waals surface area contributed by atoms with E-state index in [0.717, 1.165) is 17.5 Å². The molecule has 0 aromatic carbocycles. The first-order chi connectivity index (χ1) is 6.22. The molecule has 74 valence electrons. The van der Waals surface area contributed by atoms with Gasteiger partial charge in [-0.2, -0.15) is 0 Å². The molecule has 0 saturated carbocycles. The molecule has 13 heavy (non-hydrogen) atoms. The predicted octanol–water partition coefficient (Wildman–Crippen LogP) is 2.42. The summed E-state index contributed by atoms with van der Waals surface area (Å²) in [5, 5.41) is 2.07. The van der Waals surface area contributed by atoms with E-state index in [4.69, 9.17) is 10.5 Å². The van der Waals surface area contributed by atoms with Gasteiger partial charge in [0.1, 0.15) is 0 Å². The van der Waals surface area contributed by atoms with Crippen molar-refractivity contribution in [1.82, 2.24) is 0 Å². The quantitative estimate of drug-likeness (QED) is 0.886. The molecule has 0 aliphatic carbocycles. The molecule has 0 bridgehead atoms. The third-order valence-corrected chi connectivity index (χ3v) is 3.34. The van der Waals surface area contributed by atoms with Gasteiger partial charge in [0.15, 0.2) is 0 Å². The van der Waals surface area contributed by atoms with Crippen molar-refractivity contribution in [3.63, 3.8) is 0 Å². The van der Waals surface area contributed by atoms with Crippen LogP contribution in [0, 0.1) is 0 Å². The van der Waals surface area contributed by atoms with Crippen molar-refractivity contribution in [3.8, 4) is 0 Å². The maximum Gasteiger partial charge on any atom is 0.0620 e. The first-order valence-corrected chi connectivity index (χ1v) is 5.96. The maximum absolute atomic E-state index is 5.87. The highest BCUT2D eigenvalue weighted by Crippen LogP contribution is 2.20. The van der Waals surface area contributed by atoms with E-state index >= 15 is 0 Å². The lowest BCUT2D eigenvalue weighted by Crippen LogP contribution is -2.28. The summed E-state index contributed by atoms with van der Waals surface area (Å²) in [6, 6.07) is 2.22. The first kappa shape index (κ1) is 11.2. The van der Waals surface area contributed by atoms with Crippen LogP contribution in [0.25, 0.3) is 0 Å². The summed E-state index contributed by atoms with van der Waals surface area (Å²) in [4.78, 5) is 1.30. The number of hydrogen-bond acceptors (Lipinski definition) is 3. The summed E-state index contributed by atoms with van der Waals surface area (Å²) in [5.74, 6) is 0. The molecule has 4 heteroatoms. The highest BCUT2D eigenvalue weighted by molar-refractivity contribution is 9.10. The molecule has 0 radical (unpaired) electrons. The molecule has 1 aromatic rings. The van der Waals surface area contributed by atoms with Crippen LogP contribution in [0.1, 0.15) is 11.8 Å². The second-order valence-corrected chi connectivity index (χ2v) is 4.77. The maximum atomic E-state index is 5.87. The molecule has 1 unspecified atom stereocenters. The number of thiophene rings is 1. The molecule has 1 atom stereocenters. The SMILES string of the molecule is CCOCC(N)Cc1cc(Br)cs1. The summed E-state index contributed by atoms with van der Waals surface area (Å²) >= 11 is 5.14. The van der Waals surface area contributed by atoms with Crippen LogP contribution in [0.4, 0.5) is 0 Å². The number of rotatable bonds is 5. The van der Waals surface area contributed by atoms with Crippen molar-refractivity contribution in [1.29, 1.82) is 0 Å². The molecule has 1 aromatic heterocycles. The van der Waals surface area contributed by atoms with Crippen LogP contribution in [0.15, 0.2) is 15.9 Å². The van der Waals surface area contributed by atoms with Gasteiger partial charge < -0.3 is 10.5 Å². The molecule has 0 amide bonds. The monoisotopic (exact) mass is 263 g/mol. The van der Waals surface area contributed by atoms with Crippen LogP contribution in [0.2, 0.25) is 0 Å². The first-order valence-electron chi connectivity index (χ1n) is 4.28. The lowest BCUT2D eigenvalue weighted by atomic mass is 10.2. The summed E-state index contributed by atoms with van der Waals surface area (Å²) < 4.78 is 6.38. The third-order valence-electron chi connectivity index (χ3n) is 1.62. The predicted molar refractivity (Wildman–Crippen MR) is 60.2 cm³/mol. The molecule has 0 saturated heterocycles. The molecule has 2 N–H and O–H groups in total. The molecule has 0 aliphatic rings. The van der Waals surface area contributed by atoms with Crippen molar-refractivity contribution in [2.45, 2.75) is 19.4 Å². The largest absolute Gasteiger partial charge is 0.380 e. The fraction of sp³-hybridized carbons (Fsp3) is 0.556. The van der Waals surface area contributed by atoms with Crippen LogP contribution in [-0.4, -0.2) is 19.3 Å². The molecular formula is C9H14BrNOS. The Morgan fingerprint density at radius 3 is 3.00 bits per heavy atom. The Morgan fingerprint density at radius 2 is 2.46 bits per heavy atom. The fourth-order valence-corrected chi connectivity index (χ4v) is 2.59. The Balaban J connectivity index is 2.31. The average Bonchev–Trinajstić information content (AvgIpc) is 2.48. The van der Waals surface area contributed by atoms with E-state index in [1.807, 2.05) is 6.92 Å². The zero-order valence-electron chi connectivity index (χ0n) is 7.63. The molecule has 1 rings (SSSR count). The molecule has 1 heterocycles. The molecule has 2 nitrogen and oxygen atoms in total. The number of ether oxygens (including phenoxy) is 1. The van der Waals surface area contributed by atoms with Gasteiger partial charge in [0.2, 0.25) is 0 Å². The van der Waals surface area contributed by atoms with Crippen LogP contribution in [0.3, 0.4) is 0 Å². The highest BCUT2D eigenvalue weighted by atomic mass is 79.9. The van der Waals surface area contributed by atoms with E-state index in [9.17, 15) is 0 Å². The summed E-state index contributed by atoms with van der Waals surface area (Å²) in [6.07, 6.45) is 0.899. The van der Waals surface area contributed by atoms with E-state index in [2.05, 4.69) is 27.4 Å². The highest BCUT2D eigenvalue weighted by Gasteiger charge is 2.05. The number of hydrogen-bond donors (Lipinski definition) is 1. The summed E-state index contributed by atoms with van der Waals surface area (Å²) in [5.41, 5.74) is 5.87. The normalized spacial score (nSPS) is 13.2. The summed E-state index contributed by atoms with van der Waals surface area (Å²) in [7, 11) is 0. The Bertz CT molecular complexity index is 252. The minimum absolute atomic E-state index is 0.116. The van der Waals surface area contributed by atoms with Crippen LogP contribution < -0.4 is 5.73 Å². The van der Waals surface area contributed by atoms with E-state index in [1.165, 1.54) is 4.88 Å². The number of halogens is 1. The third kappa shape index (κ3) is 4.22. The molecule has 0 spiro atoms. The van der Waals surface area contributed by atoms with Gasteiger partial charge in [-0.1, -0.05) is 0 Å². The van der Waals surface area contributed by atoms with Crippen molar-refractivity contribution in [2.75, 3.05) is 13.2 Å². The zero-order chi connectivity index (χ0) is 9.68. The van der Waals surface area contributed by atoms with Gasteiger partial charge in [-0.3, -0.25) is 0 Å². The van der Waals surface area contributed by atoms with Crippen molar-refractivity contribution >= 4 is 27.3 Å².